The van der Waals surface area contributed by atoms with Gasteiger partial charge in [-0.05, 0) is 190 Å². The lowest BCUT2D eigenvalue weighted by Crippen LogP contribution is -2.51. The highest BCUT2D eigenvalue weighted by Gasteiger charge is 2.36. The minimum absolute atomic E-state index is 0.00120. The molecule has 0 heterocycles. The van der Waals surface area contributed by atoms with Gasteiger partial charge in [0.1, 0.15) is 0 Å². The molecule has 29 heteroatoms. The quantitative estimate of drug-likeness (QED) is 0.0207. The first-order valence-corrected chi connectivity index (χ1v) is 47.0. The van der Waals surface area contributed by atoms with Crippen molar-refractivity contribution in [2.75, 3.05) is 184 Å². The second-order valence-electron chi connectivity index (χ2n) is 42.9. The smallest absolute Gasteiger partial charge is 0.315 e. The number of ether oxygens (including phenoxy) is 12. The van der Waals surface area contributed by atoms with Gasteiger partial charge in [-0.3, -0.25) is 24.0 Å². The molecule has 1 radical (unpaired) electrons. The van der Waals surface area contributed by atoms with Gasteiger partial charge >= 0.3 is 12.1 Å². The van der Waals surface area contributed by atoms with Crippen LogP contribution in [0.4, 0.5) is 14.4 Å². The van der Waals surface area contributed by atoms with E-state index in [1.807, 2.05) is 123 Å². The van der Waals surface area contributed by atoms with Crippen molar-refractivity contribution in [2.45, 2.75) is 355 Å². The maximum absolute atomic E-state index is 13.8. The molecule has 0 spiro atoms. The Balaban J connectivity index is 4.52. The lowest BCUT2D eigenvalue weighted by Gasteiger charge is -2.34. The van der Waals surface area contributed by atoms with Crippen molar-refractivity contribution in [2.24, 2.45) is 32.5 Å². The highest BCUT2D eigenvalue weighted by atomic mass is 16.6. The summed E-state index contributed by atoms with van der Waals surface area (Å²) in [6.45, 7) is 68.2. The summed E-state index contributed by atoms with van der Waals surface area (Å²) in [6.07, 6.45) is 15.8. The van der Waals surface area contributed by atoms with Gasteiger partial charge in [0.25, 0.3) is 0 Å². The fourth-order valence-electron chi connectivity index (χ4n) is 13.2. The van der Waals surface area contributed by atoms with E-state index in [9.17, 15) is 33.6 Å². The molecule has 0 saturated heterocycles. The maximum atomic E-state index is 13.8. The number of hydrogen-bond donors (Lipinski definition) is 8. The number of unbranched alkanes of at least 4 members (excludes halogenated alkanes) is 4. The topological polar surface area (TPSA) is 330 Å². The Kier molecular flexibility index (Phi) is 59.7. The number of rotatable bonds is 77. The van der Waals surface area contributed by atoms with Crippen LogP contribution in [0.25, 0.3) is 0 Å². The van der Waals surface area contributed by atoms with Crippen molar-refractivity contribution in [1.29, 1.82) is 0 Å². The Bertz CT molecular complexity index is 2860. The first kappa shape index (κ1) is 119. The summed E-state index contributed by atoms with van der Waals surface area (Å²) in [5.41, 5.74) is -4.33. The predicted octanol–water partition coefficient (Wildman–Crippen LogP) is 15.5. The van der Waals surface area contributed by atoms with Crippen LogP contribution >= 0.6 is 0 Å². The van der Waals surface area contributed by atoms with E-state index in [0.29, 0.717) is 197 Å². The number of nitrogens with one attached hydrogen (secondary N) is 8. The zero-order chi connectivity index (χ0) is 94.3. The minimum Gasteiger partial charge on any atom is -0.379 e. The van der Waals surface area contributed by atoms with Gasteiger partial charge in [-0.1, -0.05) is 140 Å². The number of hydrogen-bond acceptors (Lipinski definition) is 19. The minimum atomic E-state index is -0.795. The highest BCUT2D eigenvalue weighted by molar-refractivity contribution is 6.74. The van der Waals surface area contributed by atoms with Gasteiger partial charge in [0, 0.05) is 89.5 Å². The van der Waals surface area contributed by atoms with Gasteiger partial charge in [-0.2, -0.15) is 0 Å². The molecule has 8 N–H and O–H groups in total. The fraction of sp³-hybridized carbons (Fsp3) is 0.926. The van der Waals surface area contributed by atoms with Crippen LogP contribution in [0.15, 0.2) is 0 Å². The molecule has 0 aliphatic heterocycles. The Morgan fingerprint density at radius 3 is 0.968 bits per heavy atom. The number of amides is 9. The van der Waals surface area contributed by atoms with Crippen LogP contribution in [0.5, 0.6) is 0 Å². The molecule has 0 aliphatic rings. The van der Waals surface area contributed by atoms with Crippen LogP contribution < -0.4 is 42.5 Å². The fourth-order valence-corrected chi connectivity index (χ4v) is 13.2. The van der Waals surface area contributed by atoms with Crippen molar-refractivity contribution in [1.82, 2.24) is 47.4 Å². The lowest BCUT2D eigenvalue weighted by molar-refractivity contribution is -0.138. The summed E-state index contributed by atoms with van der Waals surface area (Å²) in [6, 6.07) is -0.367. The van der Waals surface area contributed by atoms with Gasteiger partial charge in [0.2, 0.25) is 30.9 Å². The Morgan fingerprint density at radius 2 is 0.637 bits per heavy atom. The van der Waals surface area contributed by atoms with Crippen LogP contribution in [-0.2, 0) is 76.0 Å². The molecule has 124 heavy (non-hydrogen) atoms. The van der Waals surface area contributed by atoms with Gasteiger partial charge in [0.05, 0.1) is 152 Å². The molecule has 0 bridgehead atoms. The molecule has 0 unspecified atom stereocenters. The Labute approximate surface area is 755 Å². The van der Waals surface area contributed by atoms with Crippen molar-refractivity contribution < 1.29 is 90.4 Å². The highest BCUT2D eigenvalue weighted by Crippen LogP contribution is 2.34. The number of urea groups is 2. The summed E-state index contributed by atoms with van der Waals surface area (Å²) in [4.78, 5) is 93.2. The number of nitrogens with zero attached hydrogens (tertiary/aromatic N) is 1. The van der Waals surface area contributed by atoms with Crippen molar-refractivity contribution >= 4 is 48.8 Å². The van der Waals surface area contributed by atoms with E-state index in [0.717, 1.165) is 70.6 Å². The summed E-state index contributed by atoms with van der Waals surface area (Å²) >= 11 is 0. The Hall–Kier alpha value is -4.53. The summed E-state index contributed by atoms with van der Waals surface area (Å²) in [7, 11) is 1.92. The Morgan fingerprint density at radius 1 is 0.323 bits per heavy atom. The molecule has 0 aromatic rings. The van der Waals surface area contributed by atoms with E-state index in [1.54, 1.807) is 0 Å². The maximum Gasteiger partial charge on any atom is 0.315 e. The molecule has 729 valence electrons. The van der Waals surface area contributed by atoms with E-state index < -0.39 is 44.3 Å². The first-order valence-electron chi connectivity index (χ1n) is 47.0. The monoisotopic (exact) mass is 1770 g/mol. The van der Waals surface area contributed by atoms with E-state index in [2.05, 4.69) is 126 Å². The van der Waals surface area contributed by atoms with Gasteiger partial charge in [0.15, 0.2) is 5.81 Å². The summed E-state index contributed by atoms with van der Waals surface area (Å²) < 4.78 is 71.0. The largest absolute Gasteiger partial charge is 0.379 e. The molecule has 0 rings (SSSR count). The van der Waals surface area contributed by atoms with Gasteiger partial charge in [-0.25, -0.2) is 9.59 Å². The third-order valence-electron chi connectivity index (χ3n) is 21.6. The van der Waals surface area contributed by atoms with E-state index >= 15 is 0 Å². The molecule has 9 amide bonds. The van der Waals surface area contributed by atoms with Crippen LogP contribution in [0.2, 0.25) is 5.82 Å². The van der Waals surface area contributed by atoms with Gasteiger partial charge in [-0.15, -0.1) is 0 Å². The molecular weight excluding hydrogens is 1580 g/mol. The third-order valence-corrected chi connectivity index (χ3v) is 21.6. The van der Waals surface area contributed by atoms with Crippen molar-refractivity contribution in [3.63, 3.8) is 0 Å². The number of carbonyl (C=O) groups is 7. The van der Waals surface area contributed by atoms with Crippen LogP contribution in [0.3, 0.4) is 0 Å². The van der Waals surface area contributed by atoms with Crippen LogP contribution in [-0.4, -0.2) is 272 Å². The van der Waals surface area contributed by atoms with Crippen LogP contribution in [0.1, 0.15) is 316 Å². The first-order chi connectivity index (χ1) is 57.5. The predicted molar refractivity (Wildman–Crippen MR) is 500 cm³/mol. The SMILES string of the molecule is CCCCCC([B]C(=O)N(CCOCCOCCOCCOCCC(=O)NCCC(C)(C)OCC(C)(C)C(=O)NCCC(C)(C)OCCC(C)(C)NC(=O)NCC(C)(C)CCC(C)(C)C)CCOCCOCCOCCOCCC(=O)NCCC(C)(C)OCC(C)(C)C(=O)NCCC(C)(C)OCCC(C)(C)NC(=O)NCC(C)(C)CC(C)(C)C)CCCCC. The zero-order valence-corrected chi connectivity index (χ0v) is 84.1. The van der Waals surface area contributed by atoms with Gasteiger partial charge < -0.3 is 104 Å². The molecule has 28 nitrogen and oxygen atoms in total. The van der Waals surface area contributed by atoms with E-state index in [1.165, 1.54) is 0 Å². The lowest BCUT2D eigenvalue weighted by atomic mass is 9.59. The summed E-state index contributed by atoms with van der Waals surface area (Å²) in [5, 5.41) is 24.3. The molecule has 0 aromatic heterocycles. The zero-order valence-electron chi connectivity index (χ0n) is 84.1. The standard InChI is InChI=1S/C95H187BN9O19/c1-29-31-33-35-76(36-34-32-30-2)96-81(110)105(52-58-116-62-66-120-70-68-118-64-60-114-54-38-78(107)98-48-42-95(27,28)124-75-89(15,16)80(109)100-50-44-93(23,24)122-56-46-91(19,20)104-83(112)102-73-87(11,12)71-85(6,7)8)51-57-115-61-65-119-69-67-117-63-59-113-53-37-77(106)97-47-41-94(25,26)123-74-88(13,14)79(108)99-49-43-92(21,22)121-55-45-90(17,18)103-82(111)101-72-86(9,10)40-39-84(3,4)5/h76H,29-75H2,1-28H3,(H,97,106)(H,98,107)(H,99,108)(H,100,109)(H2,101,103,111)(H2,102,104,112). The van der Waals surface area contributed by atoms with E-state index in [4.69, 9.17) is 56.8 Å². The van der Waals surface area contributed by atoms with Crippen LogP contribution in [0, 0.1) is 32.5 Å². The molecule has 0 atom stereocenters. The van der Waals surface area contributed by atoms with Crippen molar-refractivity contribution in [3.05, 3.63) is 0 Å². The molecule has 0 saturated carbocycles. The molecule has 0 aliphatic carbocycles. The number of carbonyl (C=O) groups excluding carboxylic acids is 7. The second kappa shape index (κ2) is 61.9. The average molecular weight is 1770 g/mol. The molecular formula is C95H187BN9O19. The van der Waals surface area contributed by atoms with E-state index in [-0.39, 0.29) is 108 Å². The second-order valence-corrected chi connectivity index (χ2v) is 42.9. The van der Waals surface area contributed by atoms with Crippen molar-refractivity contribution in [3.8, 4) is 0 Å². The summed E-state index contributed by atoms with van der Waals surface area (Å²) in [5.74, 6) is -0.262. The molecule has 0 aromatic carbocycles. The third kappa shape index (κ3) is 68.6. The molecule has 0 fully saturated rings. The average Bonchev–Trinajstić information content (AvgIpc) is 1.72. The normalized spacial score (nSPS) is 13.1.